The number of hydrogen-bond donors (Lipinski definition) is 2. The largest absolute Gasteiger partial charge is 0.357 e. The molecule has 0 bridgehead atoms. The van der Waals surface area contributed by atoms with Gasteiger partial charge >= 0.3 is 6.03 Å². The first-order chi connectivity index (χ1) is 11.6. The molecule has 2 aliphatic rings. The number of urea groups is 1. The van der Waals surface area contributed by atoms with Crippen LogP contribution in [0.25, 0.3) is 0 Å². The number of nitrogens with two attached hydrogens (primary N) is 1. The summed E-state index contributed by atoms with van der Waals surface area (Å²) >= 11 is 0. The summed E-state index contributed by atoms with van der Waals surface area (Å²) < 4.78 is 0. The third-order valence-electron chi connectivity index (χ3n) is 4.80. The Morgan fingerprint density at radius 2 is 1.92 bits per heavy atom. The number of carbonyl (C=O) groups excluding carboxylic acids is 2. The Kier molecular flexibility index (Phi) is 5.17. The molecule has 130 valence electrons. The van der Waals surface area contributed by atoms with E-state index in [2.05, 4.69) is 15.2 Å². The van der Waals surface area contributed by atoms with Crippen LogP contribution in [0.4, 0.5) is 16.3 Å². The van der Waals surface area contributed by atoms with Crippen molar-refractivity contribution in [3.8, 4) is 0 Å². The Balaban J connectivity index is 1.57. The van der Waals surface area contributed by atoms with Crippen LogP contribution in [0.5, 0.6) is 0 Å². The normalized spacial score (nSPS) is 21.4. The summed E-state index contributed by atoms with van der Waals surface area (Å²) in [6, 6.07) is 3.39. The van der Waals surface area contributed by atoms with Gasteiger partial charge in [-0.3, -0.25) is 4.79 Å². The van der Waals surface area contributed by atoms with Gasteiger partial charge in [-0.25, -0.2) is 9.78 Å². The van der Waals surface area contributed by atoms with E-state index in [0.717, 1.165) is 31.7 Å². The highest BCUT2D eigenvalue weighted by atomic mass is 16.2. The highest BCUT2D eigenvalue weighted by Crippen LogP contribution is 2.21. The fraction of sp³-hybridized carbons (Fsp3) is 0.588. The minimum Gasteiger partial charge on any atom is -0.357 e. The van der Waals surface area contributed by atoms with E-state index in [4.69, 9.17) is 5.73 Å². The summed E-state index contributed by atoms with van der Waals surface area (Å²) in [4.78, 5) is 31.9. The lowest BCUT2D eigenvalue weighted by atomic mass is 9.97. The number of likely N-dealkylation sites (tertiary alicyclic amines) is 1. The first kappa shape index (κ1) is 16.5. The van der Waals surface area contributed by atoms with E-state index in [1.165, 1.54) is 24.2 Å². The van der Waals surface area contributed by atoms with Gasteiger partial charge in [0.2, 0.25) is 5.91 Å². The van der Waals surface area contributed by atoms with Crippen molar-refractivity contribution in [2.45, 2.75) is 32.1 Å². The van der Waals surface area contributed by atoms with Gasteiger partial charge in [0.05, 0.1) is 17.8 Å². The molecule has 0 spiro atoms. The molecule has 7 heteroatoms. The monoisotopic (exact) mass is 331 g/mol. The molecule has 3 heterocycles. The number of carbonyl (C=O) groups is 2. The van der Waals surface area contributed by atoms with Gasteiger partial charge in [-0.15, -0.1) is 0 Å². The van der Waals surface area contributed by atoms with Crippen LogP contribution in [0.15, 0.2) is 18.3 Å². The fourth-order valence-corrected chi connectivity index (χ4v) is 3.41. The lowest BCUT2D eigenvalue weighted by molar-refractivity contribution is -0.121. The lowest BCUT2D eigenvalue weighted by Gasteiger charge is -2.30. The predicted octanol–water partition coefficient (Wildman–Crippen LogP) is 1.80. The van der Waals surface area contributed by atoms with Crippen LogP contribution in [0.2, 0.25) is 0 Å². The molecule has 2 saturated heterocycles. The summed E-state index contributed by atoms with van der Waals surface area (Å²) in [7, 11) is 0. The van der Waals surface area contributed by atoms with Crippen LogP contribution >= 0.6 is 0 Å². The zero-order valence-electron chi connectivity index (χ0n) is 13.9. The average Bonchev–Trinajstić information content (AvgIpc) is 2.63. The summed E-state index contributed by atoms with van der Waals surface area (Å²) in [6.45, 7) is 3.11. The Bertz CT molecular complexity index is 583. The molecule has 3 rings (SSSR count). The van der Waals surface area contributed by atoms with Gasteiger partial charge in [-0.1, -0.05) is 0 Å². The maximum absolute atomic E-state index is 12.4. The Morgan fingerprint density at radius 1 is 1.12 bits per heavy atom. The van der Waals surface area contributed by atoms with E-state index in [0.29, 0.717) is 18.8 Å². The number of piperidine rings is 2. The smallest absolute Gasteiger partial charge is 0.314 e. The van der Waals surface area contributed by atoms with Crippen molar-refractivity contribution in [1.29, 1.82) is 0 Å². The molecule has 3 N–H and O–H groups in total. The van der Waals surface area contributed by atoms with Gasteiger partial charge < -0.3 is 20.9 Å². The van der Waals surface area contributed by atoms with Crippen molar-refractivity contribution in [2.75, 3.05) is 36.4 Å². The van der Waals surface area contributed by atoms with E-state index in [1.807, 2.05) is 12.1 Å². The Morgan fingerprint density at radius 3 is 2.58 bits per heavy atom. The maximum Gasteiger partial charge on any atom is 0.314 e. The highest BCUT2D eigenvalue weighted by molar-refractivity contribution is 5.93. The second kappa shape index (κ2) is 7.51. The van der Waals surface area contributed by atoms with Gasteiger partial charge in [0.1, 0.15) is 5.82 Å². The molecule has 7 nitrogen and oxygen atoms in total. The standard InChI is InChI=1S/C17H25N5O2/c18-17(24)22-10-4-5-13(12-22)16(23)20-14-6-7-15(19-11-14)21-8-2-1-3-9-21/h6-7,11,13H,1-5,8-10,12H2,(H2,18,24)(H,20,23). The van der Waals surface area contributed by atoms with Crippen LogP contribution < -0.4 is 16.0 Å². The molecule has 2 fully saturated rings. The molecule has 0 radical (unpaired) electrons. The van der Waals surface area contributed by atoms with E-state index in [1.54, 1.807) is 6.20 Å². The van der Waals surface area contributed by atoms with Gasteiger partial charge in [0.25, 0.3) is 0 Å². The second-order valence-corrected chi connectivity index (χ2v) is 6.57. The number of aromatic nitrogens is 1. The third kappa shape index (κ3) is 3.96. The molecule has 1 aromatic heterocycles. The second-order valence-electron chi connectivity index (χ2n) is 6.57. The van der Waals surface area contributed by atoms with Gasteiger partial charge in [0, 0.05) is 26.2 Å². The maximum atomic E-state index is 12.4. The highest BCUT2D eigenvalue weighted by Gasteiger charge is 2.27. The molecule has 0 aliphatic carbocycles. The molecule has 24 heavy (non-hydrogen) atoms. The van der Waals surface area contributed by atoms with Crippen LogP contribution in [0, 0.1) is 5.92 Å². The number of nitrogens with one attached hydrogen (secondary N) is 1. The van der Waals surface area contributed by atoms with Crippen molar-refractivity contribution in [3.63, 3.8) is 0 Å². The Labute approximate surface area is 142 Å². The average molecular weight is 331 g/mol. The van der Waals surface area contributed by atoms with E-state index in [9.17, 15) is 9.59 Å². The molecular weight excluding hydrogens is 306 g/mol. The number of primary amides is 1. The van der Waals surface area contributed by atoms with Gasteiger partial charge in [-0.05, 0) is 44.2 Å². The molecule has 2 aliphatic heterocycles. The number of amides is 3. The number of anilines is 2. The summed E-state index contributed by atoms with van der Waals surface area (Å²) in [5.74, 6) is 0.673. The minimum absolute atomic E-state index is 0.0755. The number of pyridine rings is 1. The molecular formula is C17H25N5O2. The van der Waals surface area contributed by atoms with Crippen LogP contribution in [0.3, 0.4) is 0 Å². The zero-order chi connectivity index (χ0) is 16.9. The SMILES string of the molecule is NC(=O)N1CCCC(C(=O)Nc2ccc(N3CCCCC3)nc2)C1. The number of nitrogens with zero attached hydrogens (tertiary/aromatic N) is 3. The molecule has 1 aromatic rings. The van der Waals surface area contributed by atoms with Crippen molar-refractivity contribution < 1.29 is 9.59 Å². The first-order valence-corrected chi connectivity index (χ1v) is 8.70. The van der Waals surface area contributed by atoms with Crippen LogP contribution in [0.1, 0.15) is 32.1 Å². The lowest BCUT2D eigenvalue weighted by Crippen LogP contribution is -2.46. The van der Waals surface area contributed by atoms with E-state index >= 15 is 0 Å². The predicted molar refractivity (Wildman–Crippen MR) is 92.8 cm³/mol. The summed E-state index contributed by atoms with van der Waals surface area (Å²) in [5, 5.41) is 2.90. The quantitative estimate of drug-likeness (QED) is 0.883. The molecule has 1 atom stereocenters. The van der Waals surface area contributed by atoms with Crippen molar-refractivity contribution in [1.82, 2.24) is 9.88 Å². The molecule has 3 amide bonds. The molecule has 1 unspecified atom stereocenters. The molecule has 0 saturated carbocycles. The Hall–Kier alpha value is -2.31. The van der Waals surface area contributed by atoms with Gasteiger partial charge in [0.15, 0.2) is 0 Å². The molecule has 0 aromatic carbocycles. The van der Waals surface area contributed by atoms with Crippen LogP contribution in [-0.2, 0) is 4.79 Å². The van der Waals surface area contributed by atoms with Gasteiger partial charge in [-0.2, -0.15) is 0 Å². The van der Waals surface area contributed by atoms with Crippen LogP contribution in [-0.4, -0.2) is 48.0 Å². The van der Waals surface area contributed by atoms with Crippen molar-refractivity contribution in [2.24, 2.45) is 11.7 Å². The zero-order valence-corrected chi connectivity index (χ0v) is 13.9. The minimum atomic E-state index is -0.458. The summed E-state index contributed by atoms with van der Waals surface area (Å²) in [5.41, 5.74) is 6.00. The first-order valence-electron chi connectivity index (χ1n) is 8.70. The van der Waals surface area contributed by atoms with E-state index in [-0.39, 0.29) is 11.8 Å². The number of rotatable bonds is 3. The van der Waals surface area contributed by atoms with Crippen molar-refractivity contribution in [3.05, 3.63) is 18.3 Å². The third-order valence-corrected chi connectivity index (χ3v) is 4.80. The van der Waals surface area contributed by atoms with Crippen molar-refractivity contribution >= 4 is 23.4 Å². The number of hydrogen-bond acceptors (Lipinski definition) is 4. The fourth-order valence-electron chi connectivity index (χ4n) is 3.41. The topological polar surface area (TPSA) is 91.6 Å². The summed E-state index contributed by atoms with van der Waals surface area (Å²) in [6.07, 6.45) is 6.98. The van der Waals surface area contributed by atoms with E-state index < -0.39 is 6.03 Å².